The number of hydrogen-bond acceptors (Lipinski definition) is 2. The van der Waals surface area contributed by atoms with E-state index in [1.54, 1.807) is 4.90 Å². The Morgan fingerprint density at radius 1 is 1.24 bits per heavy atom. The molecule has 1 aliphatic heterocycles. The van der Waals surface area contributed by atoms with Gasteiger partial charge in [-0.2, -0.15) is 0 Å². The van der Waals surface area contributed by atoms with Gasteiger partial charge in [-0.05, 0) is 30.2 Å². The van der Waals surface area contributed by atoms with Crippen molar-refractivity contribution in [3.8, 4) is 0 Å². The topological polar surface area (TPSA) is 49.4 Å². The highest BCUT2D eigenvalue weighted by Gasteiger charge is 2.26. The Morgan fingerprint density at radius 3 is 2.64 bits per heavy atom. The molecule has 0 radical (unpaired) electrons. The van der Waals surface area contributed by atoms with Crippen molar-refractivity contribution in [3.63, 3.8) is 0 Å². The van der Waals surface area contributed by atoms with Gasteiger partial charge in [0.15, 0.2) is 0 Å². The van der Waals surface area contributed by atoms with Gasteiger partial charge in [0.05, 0.1) is 11.6 Å². The molecule has 130 valence electrons. The molecule has 6 heteroatoms. The van der Waals surface area contributed by atoms with E-state index >= 15 is 0 Å². The van der Waals surface area contributed by atoms with E-state index in [4.69, 9.17) is 11.6 Å². The summed E-state index contributed by atoms with van der Waals surface area (Å²) in [5, 5.41) is 3.07. The number of halogens is 2. The summed E-state index contributed by atoms with van der Waals surface area (Å²) < 4.78 is 14.0. The Labute approximate surface area is 150 Å². The summed E-state index contributed by atoms with van der Waals surface area (Å²) in [6.45, 7) is 1.04. The van der Waals surface area contributed by atoms with Crippen LogP contribution in [0.25, 0.3) is 0 Å². The summed E-state index contributed by atoms with van der Waals surface area (Å²) >= 11 is 5.74. The maximum Gasteiger partial charge on any atom is 0.254 e. The van der Waals surface area contributed by atoms with E-state index in [9.17, 15) is 14.0 Å². The zero-order valence-electron chi connectivity index (χ0n) is 13.5. The van der Waals surface area contributed by atoms with Crippen molar-refractivity contribution in [1.29, 1.82) is 0 Å². The fraction of sp³-hybridized carbons (Fsp3) is 0.263. The third-order valence-electron chi connectivity index (χ3n) is 4.26. The Kier molecular flexibility index (Phi) is 5.34. The number of nitrogens with zero attached hydrogens (tertiary/aromatic N) is 1. The van der Waals surface area contributed by atoms with Crippen molar-refractivity contribution in [2.75, 3.05) is 13.1 Å². The van der Waals surface area contributed by atoms with Gasteiger partial charge in [0.25, 0.3) is 5.91 Å². The summed E-state index contributed by atoms with van der Waals surface area (Å²) in [6, 6.07) is 12.9. The molecular weight excluding hydrogens is 343 g/mol. The van der Waals surface area contributed by atoms with Crippen molar-refractivity contribution < 1.29 is 14.0 Å². The minimum absolute atomic E-state index is 0.0712. The minimum atomic E-state index is -0.672. The molecule has 1 heterocycles. The molecule has 0 spiro atoms. The normalized spacial score (nSPS) is 15.3. The highest BCUT2D eigenvalue weighted by molar-refractivity contribution is 6.30. The average molecular weight is 361 g/mol. The van der Waals surface area contributed by atoms with Crippen LogP contribution in [0, 0.1) is 5.82 Å². The molecule has 1 N–H and O–H groups in total. The summed E-state index contributed by atoms with van der Waals surface area (Å²) in [5.74, 6) is -1.13. The summed E-state index contributed by atoms with van der Waals surface area (Å²) in [7, 11) is 0. The van der Waals surface area contributed by atoms with E-state index in [1.165, 1.54) is 12.1 Å². The lowest BCUT2D eigenvalue weighted by atomic mass is 10.1. The van der Waals surface area contributed by atoms with Crippen LogP contribution < -0.4 is 5.32 Å². The monoisotopic (exact) mass is 360 g/mol. The maximum atomic E-state index is 14.0. The molecule has 0 bridgehead atoms. The smallest absolute Gasteiger partial charge is 0.254 e. The predicted octanol–water partition coefficient (Wildman–Crippen LogP) is 3.57. The minimum Gasteiger partial charge on any atom is -0.343 e. The molecule has 0 saturated carbocycles. The molecule has 0 aromatic heterocycles. The molecule has 25 heavy (non-hydrogen) atoms. The zero-order valence-corrected chi connectivity index (χ0v) is 14.3. The number of nitrogens with one attached hydrogen (secondary N) is 1. The lowest BCUT2D eigenvalue weighted by Crippen LogP contribution is -2.38. The molecule has 1 unspecified atom stereocenters. The summed E-state index contributed by atoms with van der Waals surface area (Å²) in [6.07, 6.45) is 1.35. The number of benzene rings is 2. The van der Waals surface area contributed by atoms with Crippen molar-refractivity contribution in [3.05, 3.63) is 70.5 Å². The van der Waals surface area contributed by atoms with Crippen LogP contribution >= 0.6 is 11.6 Å². The standard InChI is InChI=1S/C19H18ClFN2O2/c20-14-8-9-15(16(21)11-14)19(25)22-17(13-5-2-1-3-6-13)12-23-10-4-7-18(23)24/h1-3,5-6,8-9,11,17H,4,7,10,12H2,(H,22,25). The van der Waals surface area contributed by atoms with Gasteiger partial charge in [-0.25, -0.2) is 4.39 Å². The fourth-order valence-electron chi connectivity index (χ4n) is 2.95. The average Bonchev–Trinajstić information content (AvgIpc) is 3.00. The first-order valence-corrected chi connectivity index (χ1v) is 8.51. The van der Waals surface area contributed by atoms with Crippen LogP contribution in [0.3, 0.4) is 0 Å². The fourth-order valence-corrected chi connectivity index (χ4v) is 3.11. The van der Waals surface area contributed by atoms with Crippen LogP contribution in [0.15, 0.2) is 48.5 Å². The predicted molar refractivity (Wildman–Crippen MR) is 93.9 cm³/mol. The Balaban J connectivity index is 1.81. The number of carbonyl (C=O) groups excluding carboxylic acids is 2. The van der Waals surface area contributed by atoms with Gasteiger partial charge in [0.1, 0.15) is 5.82 Å². The zero-order chi connectivity index (χ0) is 17.8. The Morgan fingerprint density at radius 2 is 2.00 bits per heavy atom. The number of rotatable bonds is 5. The van der Waals surface area contributed by atoms with Gasteiger partial charge in [-0.3, -0.25) is 9.59 Å². The van der Waals surface area contributed by atoms with E-state index in [2.05, 4.69) is 5.32 Å². The number of hydrogen-bond donors (Lipinski definition) is 1. The second kappa shape index (κ2) is 7.66. The van der Waals surface area contributed by atoms with E-state index in [-0.39, 0.29) is 16.5 Å². The molecule has 1 aliphatic rings. The molecule has 2 amide bonds. The first-order chi connectivity index (χ1) is 12.0. The SMILES string of the molecule is O=C(NC(CN1CCCC1=O)c1ccccc1)c1ccc(Cl)cc1F. The van der Waals surface area contributed by atoms with Crippen molar-refractivity contribution in [2.45, 2.75) is 18.9 Å². The molecule has 4 nitrogen and oxygen atoms in total. The van der Waals surface area contributed by atoms with Crippen LogP contribution in [0.1, 0.15) is 34.8 Å². The van der Waals surface area contributed by atoms with Gasteiger partial charge >= 0.3 is 0 Å². The maximum absolute atomic E-state index is 14.0. The lowest BCUT2D eigenvalue weighted by Gasteiger charge is -2.25. The highest BCUT2D eigenvalue weighted by atomic mass is 35.5. The summed E-state index contributed by atoms with van der Waals surface area (Å²) in [5.41, 5.74) is 0.794. The molecule has 0 aliphatic carbocycles. The van der Waals surface area contributed by atoms with Gasteiger partial charge in [0, 0.05) is 24.5 Å². The van der Waals surface area contributed by atoms with Crippen LogP contribution in [-0.4, -0.2) is 29.8 Å². The largest absolute Gasteiger partial charge is 0.343 e. The van der Waals surface area contributed by atoms with Gasteiger partial charge in [-0.1, -0.05) is 41.9 Å². The molecule has 2 aromatic rings. The third-order valence-corrected chi connectivity index (χ3v) is 4.49. The highest BCUT2D eigenvalue weighted by Crippen LogP contribution is 2.20. The summed E-state index contributed by atoms with van der Waals surface area (Å²) in [4.78, 5) is 26.2. The van der Waals surface area contributed by atoms with Gasteiger partial charge < -0.3 is 10.2 Å². The second-order valence-corrected chi connectivity index (χ2v) is 6.44. The third kappa shape index (κ3) is 4.17. The van der Waals surface area contributed by atoms with Crippen molar-refractivity contribution in [2.24, 2.45) is 0 Å². The first kappa shape index (κ1) is 17.4. The van der Waals surface area contributed by atoms with E-state index in [0.717, 1.165) is 18.1 Å². The number of likely N-dealkylation sites (tertiary alicyclic amines) is 1. The Bertz CT molecular complexity index is 782. The molecule has 2 aromatic carbocycles. The van der Waals surface area contributed by atoms with Gasteiger partial charge in [-0.15, -0.1) is 0 Å². The van der Waals surface area contributed by atoms with E-state index in [0.29, 0.717) is 19.5 Å². The van der Waals surface area contributed by atoms with Crippen molar-refractivity contribution >= 4 is 23.4 Å². The van der Waals surface area contributed by atoms with Crippen LogP contribution in [0.4, 0.5) is 4.39 Å². The van der Waals surface area contributed by atoms with Crippen LogP contribution in [0.5, 0.6) is 0 Å². The number of amides is 2. The number of carbonyl (C=O) groups is 2. The molecule has 3 rings (SSSR count). The quantitative estimate of drug-likeness (QED) is 0.886. The second-order valence-electron chi connectivity index (χ2n) is 6.00. The van der Waals surface area contributed by atoms with Crippen molar-refractivity contribution in [1.82, 2.24) is 10.2 Å². The molecule has 1 saturated heterocycles. The van der Waals surface area contributed by atoms with E-state index < -0.39 is 17.8 Å². The molecule has 1 fully saturated rings. The molecular formula is C19H18ClFN2O2. The van der Waals surface area contributed by atoms with Gasteiger partial charge in [0.2, 0.25) is 5.91 Å². The van der Waals surface area contributed by atoms with E-state index in [1.807, 2.05) is 30.3 Å². The first-order valence-electron chi connectivity index (χ1n) is 8.13. The van der Waals surface area contributed by atoms with Crippen LogP contribution in [0.2, 0.25) is 5.02 Å². The van der Waals surface area contributed by atoms with Crippen LogP contribution in [-0.2, 0) is 4.79 Å². The molecule has 1 atom stereocenters. The lowest BCUT2D eigenvalue weighted by molar-refractivity contribution is -0.128. The Hall–Kier alpha value is -2.40.